The van der Waals surface area contributed by atoms with Crippen molar-refractivity contribution in [3.8, 4) is 0 Å². The first-order chi connectivity index (χ1) is 7.63. The lowest BCUT2D eigenvalue weighted by molar-refractivity contribution is -0.176. The highest BCUT2D eigenvalue weighted by Gasteiger charge is 2.28. The number of amides is 1. The molecule has 0 fully saturated rings. The number of hydrogen-bond donors (Lipinski definition) is 1. The normalized spacial score (nSPS) is 13.6. The van der Waals surface area contributed by atoms with Gasteiger partial charge in [-0.25, -0.2) is 0 Å². The van der Waals surface area contributed by atoms with Crippen molar-refractivity contribution in [3.05, 3.63) is 0 Å². The van der Waals surface area contributed by atoms with Gasteiger partial charge in [-0.05, 0) is 12.8 Å². The molecule has 17 heavy (non-hydrogen) atoms. The minimum absolute atomic E-state index is 0.126. The van der Waals surface area contributed by atoms with Crippen LogP contribution in [-0.2, 0) is 14.3 Å². The van der Waals surface area contributed by atoms with Gasteiger partial charge in [-0.2, -0.15) is 13.2 Å². The number of Topliss-reactive ketones (excluding diaryl/α,β-unsaturated/α-hetero) is 1. The summed E-state index contributed by atoms with van der Waals surface area (Å²) in [5, 5.41) is 2.32. The third kappa shape index (κ3) is 7.73. The predicted octanol–water partition coefficient (Wildman–Crippen LogP) is 1.30. The third-order valence-corrected chi connectivity index (χ3v) is 1.92. The van der Waals surface area contributed by atoms with Gasteiger partial charge in [-0.3, -0.25) is 9.59 Å². The van der Waals surface area contributed by atoms with Crippen LogP contribution in [0.15, 0.2) is 0 Å². The zero-order valence-electron chi connectivity index (χ0n) is 9.93. The Labute approximate surface area is 97.5 Å². The van der Waals surface area contributed by atoms with Crippen LogP contribution in [0.25, 0.3) is 0 Å². The molecule has 0 radical (unpaired) electrons. The number of carbonyl (C=O) groups excluding carboxylic acids is 2. The second-order valence-electron chi connectivity index (χ2n) is 4.01. The Bertz CT molecular complexity index is 276. The van der Waals surface area contributed by atoms with Gasteiger partial charge in [-0.1, -0.05) is 13.8 Å². The summed E-state index contributed by atoms with van der Waals surface area (Å²) in [6, 6.07) is -0.697. The Kier molecular flexibility index (Phi) is 6.15. The first-order valence-corrected chi connectivity index (χ1v) is 5.08. The van der Waals surface area contributed by atoms with Crippen molar-refractivity contribution in [1.82, 2.24) is 5.32 Å². The number of alkyl halides is 3. The van der Waals surface area contributed by atoms with Gasteiger partial charge in [0.25, 0.3) is 0 Å². The van der Waals surface area contributed by atoms with Crippen LogP contribution in [0.5, 0.6) is 0 Å². The molecule has 0 aromatic heterocycles. The number of hydrogen-bond acceptors (Lipinski definition) is 3. The monoisotopic (exact) mass is 255 g/mol. The lowest BCUT2D eigenvalue weighted by Gasteiger charge is -2.19. The Morgan fingerprint density at radius 3 is 2.18 bits per heavy atom. The van der Waals surface area contributed by atoms with E-state index in [1.54, 1.807) is 13.8 Å². The average Bonchev–Trinajstić information content (AvgIpc) is 2.10. The van der Waals surface area contributed by atoms with Crippen molar-refractivity contribution in [3.63, 3.8) is 0 Å². The van der Waals surface area contributed by atoms with Gasteiger partial charge in [-0.15, -0.1) is 0 Å². The highest BCUT2D eigenvalue weighted by molar-refractivity contribution is 5.88. The largest absolute Gasteiger partial charge is 0.411 e. The van der Waals surface area contributed by atoms with E-state index < -0.39 is 31.3 Å². The summed E-state index contributed by atoms with van der Waals surface area (Å²) in [5.41, 5.74) is 0. The van der Waals surface area contributed by atoms with Gasteiger partial charge in [0.2, 0.25) is 5.91 Å². The summed E-state index contributed by atoms with van der Waals surface area (Å²) < 4.78 is 39.3. The van der Waals surface area contributed by atoms with E-state index >= 15 is 0 Å². The van der Waals surface area contributed by atoms with Crippen LogP contribution in [0.1, 0.15) is 20.8 Å². The summed E-state index contributed by atoms with van der Waals surface area (Å²) in [7, 11) is 0. The van der Waals surface area contributed by atoms with Crippen LogP contribution in [0, 0.1) is 5.92 Å². The van der Waals surface area contributed by atoms with Crippen LogP contribution in [0.4, 0.5) is 13.2 Å². The second-order valence-corrected chi connectivity index (χ2v) is 4.01. The lowest BCUT2D eigenvalue weighted by atomic mass is 10.0. The fraction of sp³-hybridized carbons (Fsp3) is 0.800. The zero-order valence-corrected chi connectivity index (χ0v) is 9.93. The van der Waals surface area contributed by atoms with E-state index in [1.807, 2.05) is 0 Å². The van der Waals surface area contributed by atoms with Gasteiger partial charge >= 0.3 is 6.18 Å². The first-order valence-electron chi connectivity index (χ1n) is 5.08. The Balaban J connectivity index is 4.04. The van der Waals surface area contributed by atoms with Crippen LogP contribution < -0.4 is 5.32 Å². The minimum atomic E-state index is -4.46. The van der Waals surface area contributed by atoms with E-state index in [4.69, 9.17) is 0 Å². The molecule has 0 saturated heterocycles. The standard InChI is InChI=1S/C10H16F3NO3/c1-6(2)9(7(3)15)14-8(16)4-17-5-10(11,12)13/h6,9H,4-5H2,1-3H3,(H,14,16). The van der Waals surface area contributed by atoms with E-state index in [1.165, 1.54) is 6.92 Å². The highest BCUT2D eigenvalue weighted by Crippen LogP contribution is 2.14. The molecule has 7 heteroatoms. The van der Waals surface area contributed by atoms with Gasteiger partial charge in [0.05, 0.1) is 6.04 Å². The van der Waals surface area contributed by atoms with Crippen LogP contribution in [0.3, 0.4) is 0 Å². The molecule has 1 atom stereocenters. The summed E-state index contributed by atoms with van der Waals surface area (Å²) in [6.45, 7) is 2.57. The van der Waals surface area contributed by atoms with Crippen LogP contribution >= 0.6 is 0 Å². The van der Waals surface area contributed by atoms with E-state index in [-0.39, 0.29) is 11.7 Å². The fourth-order valence-electron chi connectivity index (χ4n) is 1.21. The zero-order chi connectivity index (χ0) is 13.6. The molecular weight excluding hydrogens is 239 g/mol. The topological polar surface area (TPSA) is 55.4 Å². The number of ether oxygens (including phenoxy) is 1. The molecule has 1 amide bonds. The molecule has 0 heterocycles. The van der Waals surface area contributed by atoms with E-state index in [9.17, 15) is 22.8 Å². The maximum Gasteiger partial charge on any atom is 0.411 e. The van der Waals surface area contributed by atoms with E-state index in [0.717, 1.165) is 0 Å². The quantitative estimate of drug-likeness (QED) is 0.778. The maximum absolute atomic E-state index is 11.7. The Morgan fingerprint density at radius 2 is 1.82 bits per heavy atom. The fourth-order valence-corrected chi connectivity index (χ4v) is 1.21. The van der Waals surface area contributed by atoms with Crippen molar-refractivity contribution < 1.29 is 27.5 Å². The number of carbonyl (C=O) groups is 2. The molecule has 0 bridgehead atoms. The number of rotatable bonds is 6. The van der Waals surface area contributed by atoms with Crippen LogP contribution in [-0.4, -0.2) is 37.1 Å². The summed E-state index contributed by atoms with van der Waals surface area (Å²) in [6.07, 6.45) is -4.46. The van der Waals surface area contributed by atoms with Crippen molar-refractivity contribution in [2.75, 3.05) is 13.2 Å². The van der Waals surface area contributed by atoms with Crippen molar-refractivity contribution in [2.45, 2.75) is 33.0 Å². The maximum atomic E-state index is 11.7. The Hall–Kier alpha value is -1.11. The van der Waals surface area contributed by atoms with Gasteiger partial charge in [0.1, 0.15) is 13.2 Å². The SMILES string of the molecule is CC(=O)C(NC(=O)COCC(F)(F)F)C(C)C. The molecule has 0 rings (SSSR count). The first kappa shape index (κ1) is 15.9. The molecule has 100 valence electrons. The highest BCUT2D eigenvalue weighted by atomic mass is 19.4. The average molecular weight is 255 g/mol. The third-order valence-electron chi connectivity index (χ3n) is 1.92. The van der Waals surface area contributed by atoms with Crippen LogP contribution in [0.2, 0.25) is 0 Å². The van der Waals surface area contributed by atoms with E-state index in [0.29, 0.717) is 0 Å². The second kappa shape index (κ2) is 6.58. The van der Waals surface area contributed by atoms with Crippen molar-refractivity contribution in [1.29, 1.82) is 0 Å². The molecule has 0 aromatic rings. The lowest BCUT2D eigenvalue weighted by Crippen LogP contribution is -2.45. The molecule has 0 aliphatic heterocycles. The molecular formula is C10H16F3NO3. The molecule has 0 aliphatic carbocycles. The molecule has 1 unspecified atom stereocenters. The molecule has 4 nitrogen and oxygen atoms in total. The van der Waals surface area contributed by atoms with Gasteiger partial charge < -0.3 is 10.1 Å². The van der Waals surface area contributed by atoms with Gasteiger partial charge in [0, 0.05) is 0 Å². The number of ketones is 1. The summed E-state index contributed by atoms with van der Waals surface area (Å²) in [5.74, 6) is -1.11. The smallest absolute Gasteiger partial charge is 0.362 e. The molecule has 0 aliphatic rings. The Morgan fingerprint density at radius 1 is 1.29 bits per heavy atom. The molecule has 0 saturated carbocycles. The molecule has 0 aromatic carbocycles. The number of halogens is 3. The van der Waals surface area contributed by atoms with Crippen molar-refractivity contribution >= 4 is 11.7 Å². The minimum Gasteiger partial charge on any atom is -0.362 e. The molecule has 0 spiro atoms. The number of nitrogens with one attached hydrogen (secondary N) is 1. The van der Waals surface area contributed by atoms with Gasteiger partial charge in [0.15, 0.2) is 5.78 Å². The van der Waals surface area contributed by atoms with E-state index in [2.05, 4.69) is 10.1 Å². The summed E-state index contributed by atoms with van der Waals surface area (Å²) in [4.78, 5) is 22.3. The predicted molar refractivity (Wildman–Crippen MR) is 54.3 cm³/mol. The summed E-state index contributed by atoms with van der Waals surface area (Å²) >= 11 is 0. The van der Waals surface area contributed by atoms with Crippen molar-refractivity contribution in [2.24, 2.45) is 5.92 Å². The molecule has 1 N–H and O–H groups in total.